The Morgan fingerprint density at radius 3 is 2.24 bits per heavy atom. The van der Waals surface area contributed by atoms with Gasteiger partial charge in [0.05, 0.1) is 5.56 Å². The fraction of sp³-hybridized carbons (Fsp3) is 0.467. The predicted octanol–water partition coefficient (Wildman–Crippen LogP) is 5.22. The number of nitrogens with two attached hydrogens (primary N) is 1. The molecular formula is C15H8Cl3F7N4. The number of aromatic nitrogens is 2. The van der Waals surface area contributed by atoms with Crippen molar-refractivity contribution in [3.63, 3.8) is 0 Å². The number of allylic oxidation sites excluding steroid dienone is 4. The summed E-state index contributed by atoms with van der Waals surface area (Å²) >= 11 is 16.5. The van der Waals surface area contributed by atoms with Crippen molar-refractivity contribution in [3.8, 4) is 6.07 Å². The van der Waals surface area contributed by atoms with Gasteiger partial charge in [-0.05, 0) is 17.7 Å². The Bertz CT molecular complexity index is 972. The van der Waals surface area contributed by atoms with Crippen molar-refractivity contribution in [1.82, 2.24) is 9.78 Å². The first-order chi connectivity index (χ1) is 13.0. The third-order valence-corrected chi connectivity index (χ3v) is 6.09. The zero-order valence-electron chi connectivity index (χ0n) is 13.7. The van der Waals surface area contributed by atoms with Crippen LogP contribution in [0.5, 0.6) is 0 Å². The number of anilines is 1. The Morgan fingerprint density at radius 2 is 1.83 bits per heavy atom. The summed E-state index contributed by atoms with van der Waals surface area (Å²) in [5.74, 6) is -5.14. The number of rotatable bonds is 3. The van der Waals surface area contributed by atoms with Gasteiger partial charge in [0, 0.05) is 11.5 Å². The van der Waals surface area contributed by atoms with E-state index in [1.807, 2.05) is 0 Å². The highest BCUT2D eigenvalue weighted by Crippen LogP contribution is 2.71. The minimum Gasteiger partial charge on any atom is -0.384 e. The molecule has 1 aromatic heterocycles. The van der Waals surface area contributed by atoms with E-state index in [1.54, 1.807) is 0 Å². The van der Waals surface area contributed by atoms with Crippen molar-refractivity contribution in [1.29, 1.82) is 5.26 Å². The lowest BCUT2D eigenvalue weighted by atomic mass is 9.92. The molecule has 0 aliphatic heterocycles. The summed E-state index contributed by atoms with van der Waals surface area (Å²) in [6, 6.07) is -0.857. The fourth-order valence-corrected chi connectivity index (χ4v) is 4.34. The highest BCUT2D eigenvalue weighted by Gasteiger charge is 2.84. The van der Waals surface area contributed by atoms with Gasteiger partial charge < -0.3 is 5.73 Å². The zero-order chi connectivity index (χ0) is 22.2. The van der Waals surface area contributed by atoms with Crippen molar-refractivity contribution < 1.29 is 30.7 Å². The van der Waals surface area contributed by atoms with E-state index >= 15 is 0 Å². The maximum absolute atomic E-state index is 14.0. The summed E-state index contributed by atoms with van der Waals surface area (Å²) in [4.78, 5) is -3.24. The molecule has 1 saturated carbocycles. The third-order valence-electron chi connectivity index (χ3n) is 4.88. The van der Waals surface area contributed by atoms with Crippen LogP contribution in [-0.2, 0) is 5.41 Å². The molecule has 2 aliphatic rings. The predicted molar refractivity (Wildman–Crippen MR) is 90.1 cm³/mol. The molecule has 0 amide bonds. The van der Waals surface area contributed by atoms with E-state index in [9.17, 15) is 36.0 Å². The number of nitrogen functional groups attached to an aromatic ring is 1. The van der Waals surface area contributed by atoms with E-state index in [4.69, 9.17) is 40.5 Å². The standard InChI is InChI=1S/C15H8Cl3F7N4/c16-6-2-1-3-12(17,15(23,24)25)9(6)29-10(27)8(7(4-26)28-29)11(14(18,21)22)5-13(11,19)20/h1-3,9H,5,27H2. The molecule has 1 fully saturated rings. The molecule has 0 saturated heterocycles. The van der Waals surface area contributed by atoms with Crippen LogP contribution in [0.2, 0.25) is 0 Å². The molecular weight excluding hydrogens is 476 g/mol. The van der Waals surface area contributed by atoms with Crippen LogP contribution in [0.4, 0.5) is 36.6 Å². The normalized spacial score (nSPS) is 31.3. The van der Waals surface area contributed by atoms with E-state index in [1.165, 1.54) is 6.07 Å². The Kier molecular flexibility index (Phi) is 4.70. The van der Waals surface area contributed by atoms with Gasteiger partial charge in [-0.25, -0.2) is 13.5 Å². The van der Waals surface area contributed by atoms with Gasteiger partial charge in [-0.2, -0.15) is 32.3 Å². The smallest absolute Gasteiger partial charge is 0.384 e. The van der Waals surface area contributed by atoms with E-state index in [-0.39, 0.29) is 4.68 Å². The fourth-order valence-electron chi connectivity index (χ4n) is 3.36. The van der Waals surface area contributed by atoms with Crippen LogP contribution in [0.1, 0.15) is 23.7 Å². The topological polar surface area (TPSA) is 67.6 Å². The van der Waals surface area contributed by atoms with Crippen LogP contribution in [0.25, 0.3) is 0 Å². The minimum absolute atomic E-state index is 0.246. The quantitative estimate of drug-likeness (QED) is 0.474. The molecule has 4 nitrogen and oxygen atoms in total. The van der Waals surface area contributed by atoms with Crippen LogP contribution in [0.15, 0.2) is 23.3 Å². The summed E-state index contributed by atoms with van der Waals surface area (Å²) < 4.78 is 97.0. The lowest BCUT2D eigenvalue weighted by molar-refractivity contribution is -0.157. The molecule has 29 heavy (non-hydrogen) atoms. The average molecular weight is 484 g/mol. The van der Waals surface area contributed by atoms with Gasteiger partial charge in [0.15, 0.2) is 10.6 Å². The summed E-state index contributed by atoms with van der Waals surface area (Å²) in [5, 5.41) is 7.51. The summed E-state index contributed by atoms with van der Waals surface area (Å²) in [5.41, 5.74) is 0.0520. The monoisotopic (exact) mass is 482 g/mol. The SMILES string of the molecule is N#Cc1nn(C2C(Cl)=CC=CC2(Cl)C(F)(F)F)c(N)c1C1(C(F)(F)Cl)CC1(F)F. The van der Waals surface area contributed by atoms with Crippen molar-refractivity contribution in [2.75, 3.05) is 5.73 Å². The first kappa shape index (κ1) is 22.1. The van der Waals surface area contributed by atoms with Gasteiger partial charge in [0.25, 0.3) is 5.92 Å². The Hall–Kier alpha value is -1.64. The summed E-state index contributed by atoms with van der Waals surface area (Å²) in [6.45, 7) is 0. The van der Waals surface area contributed by atoms with Gasteiger partial charge in [0.1, 0.15) is 23.3 Å². The lowest BCUT2D eigenvalue weighted by Crippen LogP contribution is -2.47. The molecule has 2 N–H and O–H groups in total. The van der Waals surface area contributed by atoms with Crippen LogP contribution < -0.4 is 5.73 Å². The van der Waals surface area contributed by atoms with Crippen LogP contribution in [0, 0.1) is 11.3 Å². The zero-order valence-corrected chi connectivity index (χ0v) is 16.0. The van der Waals surface area contributed by atoms with Crippen molar-refractivity contribution in [3.05, 3.63) is 34.5 Å². The second kappa shape index (κ2) is 6.18. The molecule has 0 spiro atoms. The lowest BCUT2D eigenvalue weighted by Gasteiger charge is -2.36. The van der Waals surface area contributed by atoms with E-state index in [0.29, 0.717) is 6.08 Å². The molecule has 1 heterocycles. The number of halogens is 10. The van der Waals surface area contributed by atoms with Gasteiger partial charge in [-0.15, -0.1) is 11.6 Å². The molecule has 3 atom stereocenters. The van der Waals surface area contributed by atoms with E-state index in [0.717, 1.165) is 12.2 Å². The maximum atomic E-state index is 14.0. The highest BCUT2D eigenvalue weighted by molar-refractivity contribution is 6.33. The van der Waals surface area contributed by atoms with E-state index < -0.39 is 62.3 Å². The van der Waals surface area contributed by atoms with Crippen molar-refractivity contribution in [2.24, 2.45) is 0 Å². The molecule has 3 rings (SSSR count). The molecule has 0 bridgehead atoms. The number of nitrogens with zero attached hydrogens (tertiary/aromatic N) is 3. The van der Waals surface area contributed by atoms with Crippen molar-refractivity contribution >= 4 is 40.6 Å². The number of hydrogen-bond acceptors (Lipinski definition) is 3. The average Bonchev–Trinajstić information content (AvgIpc) is 3.00. The Morgan fingerprint density at radius 1 is 1.28 bits per heavy atom. The molecule has 0 radical (unpaired) electrons. The number of hydrogen-bond donors (Lipinski definition) is 1. The molecule has 1 aromatic rings. The minimum atomic E-state index is -5.15. The van der Waals surface area contributed by atoms with Gasteiger partial charge >= 0.3 is 11.6 Å². The first-order valence-electron chi connectivity index (χ1n) is 7.59. The summed E-state index contributed by atoms with van der Waals surface area (Å²) in [6.07, 6.45) is -4.22. The number of nitriles is 1. The summed E-state index contributed by atoms with van der Waals surface area (Å²) in [7, 11) is 0. The molecule has 14 heteroatoms. The van der Waals surface area contributed by atoms with E-state index in [2.05, 4.69) is 5.10 Å². The van der Waals surface area contributed by atoms with Crippen LogP contribution in [0.3, 0.4) is 0 Å². The Balaban J connectivity index is 2.29. The number of alkyl halides is 9. The highest BCUT2D eigenvalue weighted by atomic mass is 35.5. The van der Waals surface area contributed by atoms with Crippen LogP contribution >= 0.6 is 34.8 Å². The Labute approximate surface area is 173 Å². The molecule has 2 aliphatic carbocycles. The van der Waals surface area contributed by atoms with Gasteiger partial charge in [-0.3, -0.25) is 0 Å². The second-order valence-electron chi connectivity index (χ2n) is 6.53. The van der Waals surface area contributed by atoms with Crippen molar-refractivity contribution in [2.45, 2.75) is 40.2 Å². The molecule has 158 valence electrons. The maximum Gasteiger partial charge on any atom is 0.413 e. The second-order valence-corrected chi connectivity index (χ2v) is 8.07. The first-order valence-corrected chi connectivity index (χ1v) is 8.72. The van der Waals surface area contributed by atoms with Gasteiger partial charge in [0.2, 0.25) is 0 Å². The molecule has 3 unspecified atom stereocenters. The van der Waals surface area contributed by atoms with Crippen LogP contribution in [-0.4, -0.2) is 32.1 Å². The van der Waals surface area contributed by atoms with Gasteiger partial charge in [-0.1, -0.05) is 23.8 Å². The molecule has 0 aromatic carbocycles. The largest absolute Gasteiger partial charge is 0.413 e. The third kappa shape index (κ3) is 2.83.